The largest absolute Gasteiger partial charge is 0.378 e. The molecule has 1 fully saturated rings. The van der Waals surface area contributed by atoms with Gasteiger partial charge in [-0.2, -0.15) is 0 Å². The molecule has 0 radical (unpaired) electrons. The first-order valence-electron chi connectivity index (χ1n) is 7.73. The third-order valence-corrected chi connectivity index (χ3v) is 3.87. The minimum atomic E-state index is -0.0901. The first-order valence-corrected chi connectivity index (χ1v) is 7.73. The molecule has 1 aromatic heterocycles. The van der Waals surface area contributed by atoms with Crippen molar-refractivity contribution in [2.24, 2.45) is 0 Å². The number of nitrogens with zero attached hydrogens (tertiary/aromatic N) is 3. The molecule has 1 N–H and O–H groups in total. The summed E-state index contributed by atoms with van der Waals surface area (Å²) in [6, 6.07) is 11.5. The van der Waals surface area contributed by atoms with E-state index in [-0.39, 0.29) is 5.91 Å². The smallest absolute Gasteiger partial charge is 0.230 e. The molecule has 23 heavy (non-hydrogen) atoms. The number of carbonyl (C=O) groups is 1. The van der Waals surface area contributed by atoms with E-state index in [0.29, 0.717) is 25.5 Å². The van der Waals surface area contributed by atoms with Crippen LogP contribution >= 0.6 is 0 Å². The van der Waals surface area contributed by atoms with Crippen molar-refractivity contribution in [1.29, 1.82) is 0 Å². The normalized spacial score (nSPS) is 14.6. The van der Waals surface area contributed by atoms with Crippen molar-refractivity contribution in [3.8, 4) is 0 Å². The second kappa shape index (κ2) is 7.19. The highest BCUT2D eigenvalue weighted by Crippen LogP contribution is 2.14. The predicted octanol–water partition coefficient (Wildman–Crippen LogP) is 1.80. The zero-order valence-electron chi connectivity index (χ0n) is 13.2. The summed E-state index contributed by atoms with van der Waals surface area (Å²) in [5.41, 5.74) is 2.12. The fourth-order valence-corrected chi connectivity index (χ4v) is 2.52. The van der Waals surface area contributed by atoms with Gasteiger partial charge in [0.2, 0.25) is 5.91 Å². The Morgan fingerprint density at radius 3 is 2.65 bits per heavy atom. The van der Waals surface area contributed by atoms with E-state index in [9.17, 15) is 4.79 Å². The van der Waals surface area contributed by atoms with Gasteiger partial charge in [-0.3, -0.25) is 4.79 Å². The minimum Gasteiger partial charge on any atom is -0.378 e. The van der Waals surface area contributed by atoms with Crippen molar-refractivity contribution < 1.29 is 9.53 Å². The number of morpholine rings is 1. The maximum Gasteiger partial charge on any atom is 0.230 e. The van der Waals surface area contributed by atoms with Crippen LogP contribution in [0.3, 0.4) is 0 Å². The Labute approximate surface area is 135 Å². The van der Waals surface area contributed by atoms with E-state index in [2.05, 4.69) is 20.4 Å². The van der Waals surface area contributed by atoms with Crippen molar-refractivity contribution in [1.82, 2.24) is 10.2 Å². The summed E-state index contributed by atoms with van der Waals surface area (Å²) in [5.74, 6) is 1.19. The van der Waals surface area contributed by atoms with Gasteiger partial charge in [0, 0.05) is 13.1 Å². The Morgan fingerprint density at radius 1 is 1.17 bits per heavy atom. The Kier molecular flexibility index (Phi) is 4.83. The van der Waals surface area contributed by atoms with Gasteiger partial charge in [0.1, 0.15) is 0 Å². The highest BCUT2D eigenvalue weighted by Gasteiger charge is 2.13. The monoisotopic (exact) mass is 312 g/mol. The van der Waals surface area contributed by atoms with Gasteiger partial charge >= 0.3 is 0 Å². The van der Waals surface area contributed by atoms with Gasteiger partial charge in [-0.1, -0.05) is 24.3 Å². The summed E-state index contributed by atoms with van der Waals surface area (Å²) in [7, 11) is 0. The molecule has 0 saturated carbocycles. The Balaban J connectivity index is 1.59. The van der Waals surface area contributed by atoms with Crippen molar-refractivity contribution in [3.63, 3.8) is 0 Å². The number of carbonyl (C=O) groups excluding carboxylic acids is 1. The van der Waals surface area contributed by atoms with Gasteiger partial charge < -0.3 is 15.0 Å². The van der Waals surface area contributed by atoms with E-state index in [1.165, 1.54) is 0 Å². The highest BCUT2D eigenvalue weighted by molar-refractivity contribution is 5.91. The molecule has 120 valence electrons. The molecule has 0 atom stereocenters. The second-order valence-electron chi connectivity index (χ2n) is 5.53. The summed E-state index contributed by atoms with van der Waals surface area (Å²) in [5, 5.41) is 11.1. The third-order valence-electron chi connectivity index (χ3n) is 3.87. The van der Waals surface area contributed by atoms with Crippen LogP contribution in [0.4, 0.5) is 11.6 Å². The Hall–Kier alpha value is -2.47. The maximum absolute atomic E-state index is 12.1. The molecule has 6 nitrogen and oxygen atoms in total. The highest BCUT2D eigenvalue weighted by atomic mass is 16.5. The van der Waals surface area contributed by atoms with Crippen molar-refractivity contribution in [2.75, 3.05) is 36.5 Å². The van der Waals surface area contributed by atoms with Crippen LogP contribution in [0.2, 0.25) is 0 Å². The summed E-state index contributed by atoms with van der Waals surface area (Å²) in [6.07, 6.45) is 0.333. The van der Waals surface area contributed by atoms with E-state index in [1.54, 1.807) is 6.07 Å². The molecule has 1 aliphatic heterocycles. The quantitative estimate of drug-likeness (QED) is 0.932. The van der Waals surface area contributed by atoms with E-state index in [0.717, 1.165) is 30.0 Å². The number of hydrogen-bond donors (Lipinski definition) is 1. The van der Waals surface area contributed by atoms with Gasteiger partial charge in [0.15, 0.2) is 11.6 Å². The summed E-state index contributed by atoms with van der Waals surface area (Å²) in [4.78, 5) is 14.2. The van der Waals surface area contributed by atoms with Gasteiger partial charge in [-0.15, -0.1) is 10.2 Å². The van der Waals surface area contributed by atoms with Gasteiger partial charge in [0.05, 0.1) is 19.6 Å². The molecule has 2 heterocycles. The number of nitrogens with one attached hydrogen (secondary N) is 1. The summed E-state index contributed by atoms with van der Waals surface area (Å²) in [6.45, 7) is 5.04. The second-order valence-corrected chi connectivity index (χ2v) is 5.53. The van der Waals surface area contributed by atoms with E-state index >= 15 is 0 Å². The van der Waals surface area contributed by atoms with Crippen molar-refractivity contribution >= 4 is 17.5 Å². The van der Waals surface area contributed by atoms with E-state index in [1.807, 2.05) is 37.3 Å². The van der Waals surface area contributed by atoms with E-state index < -0.39 is 0 Å². The van der Waals surface area contributed by atoms with Gasteiger partial charge in [-0.05, 0) is 30.2 Å². The molecule has 1 saturated heterocycles. The standard InChI is InChI=1S/C17H20N4O2/c1-13-4-2-3-5-14(13)12-17(22)18-15-6-7-16(20-19-15)21-8-10-23-11-9-21/h2-7H,8-12H2,1H3,(H,18,19,22). The molecular weight excluding hydrogens is 292 g/mol. The zero-order valence-corrected chi connectivity index (χ0v) is 13.2. The number of rotatable bonds is 4. The average Bonchev–Trinajstić information content (AvgIpc) is 2.58. The fourth-order valence-electron chi connectivity index (χ4n) is 2.52. The van der Waals surface area contributed by atoms with Crippen LogP contribution in [0, 0.1) is 6.92 Å². The number of ether oxygens (including phenoxy) is 1. The third kappa shape index (κ3) is 4.04. The van der Waals surface area contributed by atoms with Crippen molar-refractivity contribution in [3.05, 3.63) is 47.5 Å². The first kappa shape index (κ1) is 15.4. The zero-order chi connectivity index (χ0) is 16.1. The SMILES string of the molecule is Cc1ccccc1CC(=O)Nc1ccc(N2CCOCC2)nn1. The average molecular weight is 312 g/mol. The number of amides is 1. The molecule has 0 unspecified atom stereocenters. The maximum atomic E-state index is 12.1. The first-order chi connectivity index (χ1) is 11.2. The number of aryl methyl sites for hydroxylation is 1. The number of aromatic nitrogens is 2. The van der Waals surface area contributed by atoms with Crippen LogP contribution in [0.1, 0.15) is 11.1 Å². The number of anilines is 2. The van der Waals surface area contributed by atoms with Crippen LogP contribution in [-0.4, -0.2) is 42.4 Å². The lowest BCUT2D eigenvalue weighted by Crippen LogP contribution is -2.36. The Bertz CT molecular complexity index is 667. The molecular formula is C17H20N4O2. The van der Waals surface area contributed by atoms with Crippen LogP contribution in [-0.2, 0) is 16.0 Å². The lowest BCUT2D eigenvalue weighted by molar-refractivity contribution is -0.115. The molecule has 1 aromatic carbocycles. The molecule has 1 aliphatic rings. The van der Waals surface area contributed by atoms with E-state index in [4.69, 9.17) is 4.74 Å². The van der Waals surface area contributed by atoms with Crippen LogP contribution in [0.25, 0.3) is 0 Å². The lowest BCUT2D eigenvalue weighted by Gasteiger charge is -2.27. The van der Waals surface area contributed by atoms with Crippen LogP contribution in [0.5, 0.6) is 0 Å². The van der Waals surface area contributed by atoms with Gasteiger partial charge in [-0.25, -0.2) is 0 Å². The summed E-state index contributed by atoms with van der Waals surface area (Å²) < 4.78 is 5.32. The molecule has 0 bridgehead atoms. The molecule has 2 aromatic rings. The van der Waals surface area contributed by atoms with Crippen LogP contribution in [0.15, 0.2) is 36.4 Å². The molecule has 0 aliphatic carbocycles. The van der Waals surface area contributed by atoms with Crippen LogP contribution < -0.4 is 10.2 Å². The predicted molar refractivity (Wildman–Crippen MR) is 88.6 cm³/mol. The number of benzene rings is 1. The fraction of sp³-hybridized carbons (Fsp3) is 0.353. The minimum absolute atomic E-state index is 0.0901. The number of hydrogen-bond acceptors (Lipinski definition) is 5. The Morgan fingerprint density at radius 2 is 1.96 bits per heavy atom. The molecule has 3 rings (SSSR count). The topological polar surface area (TPSA) is 67.4 Å². The van der Waals surface area contributed by atoms with Crippen molar-refractivity contribution in [2.45, 2.75) is 13.3 Å². The molecule has 0 spiro atoms. The van der Waals surface area contributed by atoms with Gasteiger partial charge in [0.25, 0.3) is 0 Å². The molecule has 1 amide bonds. The summed E-state index contributed by atoms with van der Waals surface area (Å²) >= 11 is 0. The lowest BCUT2D eigenvalue weighted by atomic mass is 10.1. The molecule has 6 heteroatoms.